The summed E-state index contributed by atoms with van der Waals surface area (Å²) in [6.45, 7) is 3.57. The van der Waals surface area contributed by atoms with E-state index in [-0.39, 0.29) is 11.5 Å². The number of carbonyl (C=O) groups excluding carboxylic acids is 1. The molecule has 0 spiro atoms. The van der Waals surface area contributed by atoms with Crippen LogP contribution in [0.2, 0.25) is 0 Å². The molecule has 1 heterocycles. The molecule has 2 N–H and O–H groups in total. The number of aromatic nitrogens is 1. The first-order valence-corrected chi connectivity index (χ1v) is 6.05. The molecule has 0 radical (unpaired) electrons. The van der Waals surface area contributed by atoms with Gasteiger partial charge in [-0.1, -0.05) is 6.07 Å². The number of benzene rings is 1. The summed E-state index contributed by atoms with van der Waals surface area (Å²) in [7, 11) is 0. The lowest BCUT2D eigenvalue weighted by molar-refractivity contribution is 0.0698. The van der Waals surface area contributed by atoms with Gasteiger partial charge < -0.3 is 10.4 Å². The molecule has 0 aliphatic heterocycles. The van der Waals surface area contributed by atoms with E-state index in [1.165, 1.54) is 12.3 Å². The first kappa shape index (κ1) is 13.7. The van der Waals surface area contributed by atoms with Gasteiger partial charge in [0.2, 0.25) is 0 Å². The fourth-order valence-corrected chi connectivity index (χ4v) is 1.98. The van der Waals surface area contributed by atoms with Gasteiger partial charge in [-0.05, 0) is 43.2 Å². The Hall–Kier alpha value is -2.69. The Kier molecular flexibility index (Phi) is 3.79. The SMILES string of the molecule is Cc1cc(C)c(NC(=O)c2cccnc2)c(C(=O)O)c1. The number of aryl methyl sites for hydroxylation is 2. The molecular formula is C15H14N2O3. The Morgan fingerprint density at radius 2 is 2.00 bits per heavy atom. The van der Waals surface area contributed by atoms with Crippen molar-refractivity contribution in [3.63, 3.8) is 0 Å². The zero-order valence-electron chi connectivity index (χ0n) is 11.2. The van der Waals surface area contributed by atoms with Crippen LogP contribution in [0.25, 0.3) is 0 Å². The lowest BCUT2D eigenvalue weighted by atomic mass is 10.0. The van der Waals surface area contributed by atoms with Crippen molar-refractivity contribution in [2.75, 3.05) is 5.32 Å². The number of nitrogens with one attached hydrogen (secondary N) is 1. The molecule has 20 heavy (non-hydrogen) atoms. The first-order valence-electron chi connectivity index (χ1n) is 6.05. The van der Waals surface area contributed by atoms with Crippen molar-refractivity contribution in [1.82, 2.24) is 4.98 Å². The molecule has 0 fully saturated rings. The second-order valence-electron chi connectivity index (χ2n) is 4.51. The molecule has 0 aliphatic carbocycles. The molecule has 0 saturated heterocycles. The second kappa shape index (κ2) is 5.52. The number of hydrogen-bond donors (Lipinski definition) is 2. The van der Waals surface area contributed by atoms with Gasteiger partial charge in [-0.15, -0.1) is 0 Å². The van der Waals surface area contributed by atoms with Gasteiger partial charge in [0.25, 0.3) is 5.91 Å². The van der Waals surface area contributed by atoms with Crippen LogP contribution in [-0.4, -0.2) is 22.0 Å². The van der Waals surface area contributed by atoms with Gasteiger partial charge >= 0.3 is 5.97 Å². The van der Waals surface area contributed by atoms with E-state index in [2.05, 4.69) is 10.3 Å². The van der Waals surface area contributed by atoms with Crippen LogP contribution in [0.4, 0.5) is 5.69 Å². The summed E-state index contributed by atoms with van der Waals surface area (Å²) in [6, 6.07) is 6.63. The van der Waals surface area contributed by atoms with Gasteiger partial charge in [0.1, 0.15) is 0 Å². The highest BCUT2D eigenvalue weighted by Crippen LogP contribution is 2.23. The van der Waals surface area contributed by atoms with Crippen LogP contribution in [0, 0.1) is 13.8 Å². The number of amides is 1. The van der Waals surface area contributed by atoms with Crippen molar-refractivity contribution < 1.29 is 14.7 Å². The number of carboxylic acids is 1. The smallest absolute Gasteiger partial charge is 0.337 e. The maximum atomic E-state index is 12.1. The number of pyridine rings is 1. The van der Waals surface area contributed by atoms with Crippen molar-refractivity contribution in [1.29, 1.82) is 0 Å². The number of carboxylic acid groups (broad SMARTS) is 1. The lowest BCUT2D eigenvalue weighted by Gasteiger charge is -2.12. The monoisotopic (exact) mass is 270 g/mol. The third-order valence-electron chi connectivity index (χ3n) is 2.87. The Balaban J connectivity index is 2.39. The summed E-state index contributed by atoms with van der Waals surface area (Å²) < 4.78 is 0. The molecule has 0 unspecified atom stereocenters. The second-order valence-corrected chi connectivity index (χ2v) is 4.51. The predicted octanol–water partition coefficient (Wildman–Crippen LogP) is 2.65. The van der Waals surface area contributed by atoms with Gasteiger partial charge in [0.15, 0.2) is 0 Å². The Bertz CT molecular complexity index is 666. The van der Waals surface area contributed by atoms with Crippen LogP contribution in [0.15, 0.2) is 36.7 Å². The highest BCUT2D eigenvalue weighted by Gasteiger charge is 2.16. The van der Waals surface area contributed by atoms with Crippen LogP contribution in [-0.2, 0) is 0 Å². The number of anilines is 1. The fourth-order valence-electron chi connectivity index (χ4n) is 1.98. The minimum absolute atomic E-state index is 0.0831. The number of hydrogen-bond acceptors (Lipinski definition) is 3. The third kappa shape index (κ3) is 2.83. The molecule has 0 bridgehead atoms. The number of aromatic carboxylic acids is 1. The van der Waals surface area contributed by atoms with E-state index in [1.807, 2.05) is 13.0 Å². The average Bonchev–Trinajstić information content (AvgIpc) is 2.42. The number of nitrogens with zero attached hydrogens (tertiary/aromatic N) is 1. The molecule has 5 nitrogen and oxygen atoms in total. The zero-order valence-corrected chi connectivity index (χ0v) is 11.2. The molecule has 2 rings (SSSR count). The molecule has 0 saturated carbocycles. The van der Waals surface area contributed by atoms with Gasteiger partial charge in [-0.3, -0.25) is 9.78 Å². The normalized spacial score (nSPS) is 10.1. The predicted molar refractivity (Wildman–Crippen MR) is 75.1 cm³/mol. The summed E-state index contributed by atoms with van der Waals surface area (Å²) in [5, 5.41) is 11.9. The fraction of sp³-hybridized carbons (Fsp3) is 0.133. The Morgan fingerprint density at radius 1 is 1.25 bits per heavy atom. The molecule has 0 aliphatic rings. The van der Waals surface area contributed by atoms with Gasteiger partial charge in [-0.2, -0.15) is 0 Å². The van der Waals surface area contributed by atoms with Gasteiger partial charge in [0, 0.05) is 12.4 Å². The van der Waals surface area contributed by atoms with E-state index in [4.69, 9.17) is 0 Å². The minimum atomic E-state index is -1.07. The Labute approximate surface area is 116 Å². The van der Waals surface area contributed by atoms with Crippen molar-refractivity contribution in [3.8, 4) is 0 Å². The first-order chi connectivity index (χ1) is 9.49. The third-order valence-corrected chi connectivity index (χ3v) is 2.87. The molecule has 5 heteroatoms. The van der Waals surface area contributed by atoms with E-state index in [0.29, 0.717) is 16.8 Å². The molecular weight excluding hydrogens is 256 g/mol. The molecule has 102 valence electrons. The van der Waals surface area contributed by atoms with Gasteiger partial charge in [0.05, 0.1) is 16.8 Å². The van der Waals surface area contributed by atoms with E-state index < -0.39 is 5.97 Å². The number of carbonyl (C=O) groups is 2. The summed E-state index contributed by atoms with van der Waals surface area (Å²) in [5.41, 5.74) is 2.32. The topological polar surface area (TPSA) is 79.3 Å². The molecule has 1 aromatic heterocycles. The standard InChI is InChI=1S/C15H14N2O3/c1-9-6-10(2)13(12(7-9)15(19)20)17-14(18)11-4-3-5-16-8-11/h3-8H,1-2H3,(H,17,18)(H,19,20). The van der Waals surface area contributed by atoms with Crippen LogP contribution < -0.4 is 5.32 Å². The number of rotatable bonds is 3. The summed E-state index contributed by atoms with van der Waals surface area (Å²) in [5.74, 6) is -1.45. The van der Waals surface area contributed by atoms with Crippen LogP contribution in [0.1, 0.15) is 31.8 Å². The van der Waals surface area contributed by atoms with E-state index in [0.717, 1.165) is 5.56 Å². The highest BCUT2D eigenvalue weighted by molar-refractivity contribution is 6.08. The van der Waals surface area contributed by atoms with Crippen LogP contribution in [0.5, 0.6) is 0 Å². The quantitative estimate of drug-likeness (QED) is 0.898. The summed E-state index contributed by atoms with van der Waals surface area (Å²) in [6.07, 6.45) is 3.00. The zero-order chi connectivity index (χ0) is 14.7. The maximum absolute atomic E-state index is 12.1. The summed E-state index contributed by atoms with van der Waals surface area (Å²) >= 11 is 0. The van der Waals surface area contributed by atoms with E-state index in [1.54, 1.807) is 25.3 Å². The Morgan fingerprint density at radius 3 is 2.60 bits per heavy atom. The highest BCUT2D eigenvalue weighted by atomic mass is 16.4. The van der Waals surface area contributed by atoms with Crippen LogP contribution in [0.3, 0.4) is 0 Å². The molecule has 1 amide bonds. The van der Waals surface area contributed by atoms with Crippen molar-refractivity contribution >= 4 is 17.6 Å². The maximum Gasteiger partial charge on any atom is 0.337 e. The van der Waals surface area contributed by atoms with Crippen molar-refractivity contribution in [2.24, 2.45) is 0 Å². The van der Waals surface area contributed by atoms with Crippen molar-refractivity contribution in [3.05, 3.63) is 58.9 Å². The largest absolute Gasteiger partial charge is 0.478 e. The van der Waals surface area contributed by atoms with Crippen LogP contribution >= 0.6 is 0 Å². The van der Waals surface area contributed by atoms with Gasteiger partial charge in [-0.25, -0.2) is 4.79 Å². The average molecular weight is 270 g/mol. The molecule has 2 aromatic rings. The minimum Gasteiger partial charge on any atom is -0.478 e. The molecule has 1 aromatic carbocycles. The van der Waals surface area contributed by atoms with E-state index >= 15 is 0 Å². The summed E-state index contributed by atoms with van der Waals surface area (Å²) in [4.78, 5) is 27.2. The van der Waals surface area contributed by atoms with E-state index in [9.17, 15) is 14.7 Å². The van der Waals surface area contributed by atoms with Crippen molar-refractivity contribution in [2.45, 2.75) is 13.8 Å². The lowest BCUT2D eigenvalue weighted by Crippen LogP contribution is -2.16. The molecule has 0 atom stereocenters.